The van der Waals surface area contributed by atoms with Crippen LogP contribution >= 0.6 is 0 Å². The summed E-state index contributed by atoms with van der Waals surface area (Å²) in [4.78, 5) is 32.5. The summed E-state index contributed by atoms with van der Waals surface area (Å²) in [6.45, 7) is 1.47. The molecule has 0 aliphatic carbocycles. The number of halogens is 1. The summed E-state index contributed by atoms with van der Waals surface area (Å²) in [5, 5.41) is 11.5. The zero-order valence-electron chi connectivity index (χ0n) is 19.2. The summed E-state index contributed by atoms with van der Waals surface area (Å²) in [5.74, 6) is 0.574. The number of methoxy groups -OCH3 is 1. The monoisotopic (exact) mass is 489 g/mol. The summed E-state index contributed by atoms with van der Waals surface area (Å²) in [6.07, 6.45) is 1.38. The maximum atomic E-state index is 13.4. The number of nitrogens with zero attached hydrogens (tertiary/aromatic N) is 5. The van der Waals surface area contributed by atoms with E-state index in [1.165, 1.54) is 46.9 Å². The number of H-pyrrole nitrogens is 1. The van der Waals surface area contributed by atoms with E-state index in [4.69, 9.17) is 9.47 Å². The first-order valence-electron chi connectivity index (χ1n) is 10.8. The fraction of sp³-hybridized carbons (Fsp3) is 0.125. The van der Waals surface area contributed by atoms with Gasteiger partial charge in [0.1, 0.15) is 28.5 Å². The first-order valence-corrected chi connectivity index (χ1v) is 10.8. The van der Waals surface area contributed by atoms with Crippen molar-refractivity contribution in [2.24, 2.45) is 0 Å². The molecule has 0 saturated heterocycles. The lowest BCUT2D eigenvalue weighted by atomic mass is 10.3. The van der Waals surface area contributed by atoms with Crippen molar-refractivity contribution >= 4 is 22.8 Å². The number of nitrogens with one attached hydrogen (secondary N) is 2. The van der Waals surface area contributed by atoms with Crippen LogP contribution in [0.2, 0.25) is 0 Å². The molecule has 0 unspecified atom stereocenters. The van der Waals surface area contributed by atoms with E-state index in [1.807, 2.05) is 0 Å². The van der Waals surface area contributed by atoms with E-state index in [-0.39, 0.29) is 29.4 Å². The van der Waals surface area contributed by atoms with E-state index in [0.29, 0.717) is 22.9 Å². The predicted molar refractivity (Wildman–Crippen MR) is 128 cm³/mol. The molecule has 11 nitrogen and oxygen atoms in total. The molecule has 36 heavy (non-hydrogen) atoms. The summed E-state index contributed by atoms with van der Waals surface area (Å²) in [7, 11) is 1.54. The van der Waals surface area contributed by atoms with Gasteiger partial charge in [-0.3, -0.25) is 14.6 Å². The molecule has 5 aromatic rings. The molecule has 2 N–H and O–H groups in total. The molecule has 0 saturated carbocycles. The van der Waals surface area contributed by atoms with Gasteiger partial charge in [-0.25, -0.2) is 9.07 Å². The Morgan fingerprint density at radius 2 is 1.89 bits per heavy atom. The number of fused-ring (bicyclic) bond motifs is 1. The van der Waals surface area contributed by atoms with E-state index < -0.39 is 17.3 Å². The lowest BCUT2D eigenvalue weighted by molar-refractivity contribution is -0.118. The molecule has 182 valence electrons. The van der Waals surface area contributed by atoms with Crippen molar-refractivity contribution in [3.8, 4) is 23.1 Å². The molecular weight excluding hydrogens is 469 g/mol. The van der Waals surface area contributed by atoms with Gasteiger partial charge in [-0.05, 0) is 43.3 Å². The molecule has 0 bridgehead atoms. The molecule has 0 aliphatic heterocycles. The van der Waals surface area contributed by atoms with Gasteiger partial charge in [0.15, 0.2) is 12.3 Å². The van der Waals surface area contributed by atoms with E-state index >= 15 is 0 Å². The van der Waals surface area contributed by atoms with Crippen LogP contribution in [0, 0.1) is 12.7 Å². The number of carbonyl (C=O) groups is 1. The first kappa shape index (κ1) is 22.8. The zero-order valence-corrected chi connectivity index (χ0v) is 19.2. The van der Waals surface area contributed by atoms with E-state index in [1.54, 1.807) is 37.3 Å². The highest BCUT2D eigenvalue weighted by Gasteiger charge is 2.17. The number of hydrogen-bond donors (Lipinski definition) is 2. The number of aryl methyl sites for hydroxylation is 1. The molecule has 0 atom stereocenters. The molecular formula is C24H20FN7O4. The molecule has 0 aliphatic rings. The van der Waals surface area contributed by atoms with Gasteiger partial charge in [-0.15, -0.1) is 0 Å². The van der Waals surface area contributed by atoms with E-state index in [2.05, 4.69) is 25.5 Å². The number of rotatable bonds is 7. The number of anilines is 1. The Kier molecular flexibility index (Phi) is 5.90. The number of carbonyl (C=O) groups excluding carboxylic acids is 1. The fourth-order valence-corrected chi connectivity index (χ4v) is 3.55. The van der Waals surface area contributed by atoms with Crippen molar-refractivity contribution in [3.05, 3.63) is 82.7 Å². The predicted octanol–water partition coefficient (Wildman–Crippen LogP) is 2.77. The van der Waals surface area contributed by atoms with Crippen molar-refractivity contribution in [1.82, 2.24) is 29.5 Å². The number of aromatic amines is 1. The standard InChI is InChI=1S/C24H20FN7O4/c1-14-10-20(27-21(33)13-36-18-5-3-4-17(11-18)35-2)32(30-14)24-28-22-19(23(34)29-24)12-26-31(22)16-8-6-15(25)7-9-16/h3-12H,13H2,1-2H3,(H,27,33)(H,28,29,34). The van der Waals surface area contributed by atoms with Crippen LogP contribution in [-0.4, -0.2) is 49.2 Å². The third-order valence-electron chi connectivity index (χ3n) is 5.21. The van der Waals surface area contributed by atoms with Crippen LogP contribution in [0.25, 0.3) is 22.7 Å². The fourth-order valence-electron chi connectivity index (χ4n) is 3.55. The largest absolute Gasteiger partial charge is 0.497 e. The highest BCUT2D eigenvalue weighted by atomic mass is 19.1. The minimum atomic E-state index is -0.449. The molecule has 1 amide bonds. The van der Waals surface area contributed by atoms with Crippen LogP contribution in [0.3, 0.4) is 0 Å². The molecule has 0 radical (unpaired) electrons. The Labute approximate surface area is 203 Å². The van der Waals surface area contributed by atoms with Crippen molar-refractivity contribution < 1.29 is 18.7 Å². The molecule has 2 aromatic carbocycles. The number of hydrogen-bond acceptors (Lipinski definition) is 7. The second-order valence-electron chi connectivity index (χ2n) is 7.76. The van der Waals surface area contributed by atoms with Crippen LogP contribution in [-0.2, 0) is 4.79 Å². The average Bonchev–Trinajstić information content (AvgIpc) is 3.47. The molecule has 3 aromatic heterocycles. The second-order valence-corrected chi connectivity index (χ2v) is 7.76. The molecule has 3 heterocycles. The average molecular weight is 489 g/mol. The summed E-state index contributed by atoms with van der Waals surface area (Å²) >= 11 is 0. The molecule has 5 rings (SSSR count). The first-order chi connectivity index (χ1) is 17.4. The quantitative estimate of drug-likeness (QED) is 0.360. The Hall–Kier alpha value is -5.00. The van der Waals surface area contributed by atoms with Crippen LogP contribution in [0.4, 0.5) is 10.2 Å². The molecule has 0 spiro atoms. The van der Waals surface area contributed by atoms with Crippen LogP contribution < -0.4 is 20.3 Å². The number of benzene rings is 2. The van der Waals surface area contributed by atoms with Crippen molar-refractivity contribution in [1.29, 1.82) is 0 Å². The van der Waals surface area contributed by atoms with Gasteiger partial charge in [0.05, 0.1) is 24.7 Å². The van der Waals surface area contributed by atoms with Gasteiger partial charge in [0.2, 0.25) is 5.95 Å². The Balaban J connectivity index is 1.43. The summed E-state index contributed by atoms with van der Waals surface area (Å²) < 4.78 is 26.8. The Bertz CT molecular complexity index is 1620. The van der Waals surface area contributed by atoms with E-state index in [9.17, 15) is 14.0 Å². The van der Waals surface area contributed by atoms with Gasteiger partial charge in [0.25, 0.3) is 11.5 Å². The van der Waals surface area contributed by atoms with Crippen LogP contribution in [0.1, 0.15) is 5.69 Å². The van der Waals surface area contributed by atoms with E-state index in [0.717, 1.165) is 0 Å². The molecule has 0 fully saturated rings. The highest BCUT2D eigenvalue weighted by Crippen LogP contribution is 2.20. The summed E-state index contributed by atoms with van der Waals surface area (Å²) in [6, 6.07) is 14.1. The Morgan fingerprint density at radius 3 is 2.67 bits per heavy atom. The van der Waals surface area contributed by atoms with Crippen LogP contribution in [0.5, 0.6) is 11.5 Å². The maximum Gasteiger partial charge on any atom is 0.263 e. The van der Waals surface area contributed by atoms with Crippen molar-refractivity contribution in [2.45, 2.75) is 6.92 Å². The van der Waals surface area contributed by atoms with Gasteiger partial charge in [0, 0.05) is 12.1 Å². The van der Waals surface area contributed by atoms with Crippen molar-refractivity contribution in [3.63, 3.8) is 0 Å². The third kappa shape index (κ3) is 4.51. The summed E-state index contributed by atoms with van der Waals surface area (Å²) in [5.41, 5.74) is 0.895. The third-order valence-corrected chi connectivity index (χ3v) is 5.21. The minimum absolute atomic E-state index is 0.0634. The minimum Gasteiger partial charge on any atom is -0.497 e. The number of aromatic nitrogens is 6. The normalized spacial score (nSPS) is 11.0. The van der Waals surface area contributed by atoms with Gasteiger partial charge < -0.3 is 14.8 Å². The van der Waals surface area contributed by atoms with Crippen molar-refractivity contribution in [2.75, 3.05) is 19.0 Å². The highest BCUT2D eigenvalue weighted by molar-refractivity contribution is 5.91. The smallest absolute Gasteiger partial charge is 0.263 e. The van der Waals surface area contributed by atoms with Gasteiger partial charge >= 0.3 is 0 Å². The lowest BCUT2D eigenvalue weighted by Crippen LogP contribution is -2.23. The Morgan fingerprint density at radius 1 is 1.11 bits per heavy atom. The zero-order chi connectivity index (χ0) is 25.2. The molecule has 12 heteroatoms. The number of amides is 1. The van der Waals surface area contributed by atoms with Crippen LogP contribution in [0.15, 0.2) is 65.6 Å². The lowest BCUT2D eigenvalue weighted by Gasteiger charge is -2.10. The SMILES string of the molecule is COc1cccc(OCC(=O)Nc2cc(C)nn2-c2nc3c(cnn3-c3ccc(F)cc3)c(=O)[nH]2)c1. The second kappa shape index (κ2) is 9.33. The topological polar surface area (TPSA) is 129 Å². The van der Waals surface area contributed by atoms with Gasteiger partial charge in [-0.2, -0.15) is 19.9 Å². The van der Waals surface area contributed by atoms with Gasteiger partial charge in [-0.1, -0.05) is 6.07 Å². The number of ether oxygens (including phenoxy) is 2. The maximum absolute atomic E-state index is 13.4.